The number of anilines is 1. The minimum atomic E-state index is -0.593. The monoisotopic (exact) mass is 447 g/mol. The van der Waals surface area contributed by atoms with Gasteiger partial charge in [-0.1, -0.05) is 11.6 Å². The zero-order valence-corrected chi connectivity index (χ0v) is 17.5. The van der Waals surface area contributed by atoms with Crippen molar-refractivity contribution >= 4 is 40.9 Å². The molecule has 0 spiro atoms. The lowest BCUT2D eigenvalue weighted by Gasteiger charge is -2.70. The number of carbonyl (C=O) groups excluding carboxylic acids is 2. The molecule has 0 aromatic heterocycles. The fourth-order valence-electron chi connectivity index (χ4n) is 4.53. The van der Waals surface area contributed by atoms with Crippen LogP contribution in [0.1, 0.15) is 29.6 Å². The number of amides is 2. The van der Waals surface area contributed by atoms with Crippen LogP contribution in [0, 0.1) is 5.82 Å². The Morgan fingerprint density at radius 1 is 1.13 bits per heavy atom. The summed E-state index contributed by atoms with van der Waals surface area (Å²) in [4.78, 5) is 25.9. The van der Waals surface area contributed by atoms with E-state index >= 15 is 0 Å². The van der Waals surface area contributed by atoms with E-state index < -0.39 is 5.82 Å². The van der Waals surface area contributed by atoms with E-state index in [2.05, 4.69) is 16.0 Å². The van der Waals surface area contributed by atoms with Gasteiger partial charge in [0.2, 0.25) is 0 Å². The zero-order valence-electron chi connectivity index (χ0n) is 15.9. The first-order valence-electron chi connectivity index (χ1n) is 9.58. The molecule has 4 aliphatic rings. The summed E-state index contributed by atoms with van der Waals surface area (Å²) in [5.74, 6) is 0.121. The number of benzene rings is 2. The SMILES string of the molecule is O=C(COc1ccc(Cl)c(F)c1)NC12CC(NC(=O)c3ccc4c(c3)SCN4)(C1)C2. The highest BCUT2D eigenvalue weighted by Crippen LogP contribution is 2.60. The number of hydrogen-bond donors (Lipinski definition) is 3. The molecule has 2 aromatic carbocycles. The third-order valence-corrected chi connectivity index (χ3v) is 7.05. The Balaban J connectivity index is 1.10. The normalized spacial score (nSPS) is 25.3. The van der Waals surface area contributed by atoms with E-state index in [4.69, 9.17) is 16.3 Å². The van der Waals surface area contributed by atoms with Crippen molar-refractivity contribution in [2.45, 2.75) is 35.2 Å². The zero-order chi connectivity index (χ0) is 20.9. The fourth-order valence-corrected chi connectivity index (χ4v) is 5.54. The van der Waals surface area contributed by atoms with Gasteiger partial charge in [0.05, 0.1) is 10.9 Å². The van der Waals surface area contributed by atoms with Crippen LogP contribution in [0.5, 0.6) is 5.75 Å². The van der Waals surface area contributed by atoms with E-state index in [1.165, 1.54) is 12.1 Å². The van der Waals surface area contributed by atoms with Gasteiger partial charge in [0, 0.05) is 33.3 Å². The third-order valence-electron chi connectivity index (χ3n) is 5.81. The lowest BCUT2D eigenvalue weighted by molar-refractivity contribution is -0.141. The van der Waals surface area contributed by atoms with Crippen molar-refractivity contribution in [1.82, 2.24) is 10.6 Å². The second-order valence-electron chi connectivity index (χ2n) is 8.13. The number of fused-ring (bicyclic) bond motifs is 1. The summed E-state index contributed by atoms with van der Waals surface area (Å²) in [5, 5.41) is 9.36. The van der Waals surface area contributed by atoms with Crippen LogP contribution in [-0.4, -0.2) is 35.4 Å². The number of thioether (sulfide) groups is 1. The topological polar surface area (TPSA) is 79.5 Å². The highest BCUT2D eigenvalue weighted by atomic mass is 35.5. The second kappa shape index (κ2) is 7.06. The molecular weight excluding hydrogens is 429 g/mol. The smallest absolute Gasteiger partial charge is 0.258 e. The second-order valence-corrected chi connectivity index (χ2v) is 9.56. The van der Waals surface area contributed by atoms with Crippen molar-refractivity contribution in [3.63, 3.8) is 0 Å². The van der Waals surface area contributed by atoms with Crippen LogP contribution >= 0.6 is 23.4 Å². The summed E-state index contributed by atoms with van der Waals surface area (Å²) in [6.07, 6.45) is 2.11. The van der Waals surface area contributed by atoms with Crippen molar-refractivity contribution in [3.8, 4) is 5.75 Å². The Kier molecular flexibility index (Phi) is 4.59. The van der Waals surface area contributed by atoms with Gasteiger partial charge in [-0.15, -0.1) is 11.8 Å². The lowest BCUT2D eigenvalue weighted by atomic mass is 9.44. The maximum atomic E-state index is 13.4. The van der Waals surface area contributed by atoms with E-state index in [0.29, 0.717) is 24.8 Å². The number of nitrogens with one attached hydrogen (secondary N) is 3. The molecule has 1 heterocycles. The molecule has 0 saturated heterocycles. The van der Waals surface area contributed by atoms with E-state index in [9.17, 15) is 14.0 Å². The maximum absolute atomic E-state index is 13.4. The third kappa shape index (κ3) is 3.48. The van der Waals surface area contributed by atoms with Crippen LogP contribution < -0.4 is 20.7 Å². The summed E-state index contributed by atoms with van der Waals surface area (Å²) in [7, 11) is 0. The van der Waals surface area contributed by atoms with Gasteiger partial charge in [-0.2, -0.15) is 0 Å². The van der Waals surface area contributed by atoms with Crippen LogP contribution in [0.25, 0.3) is 0 Å². The first kappa shape index (κ1) is 19.5. The van der Waals surface area contributed by atoms with Gasteiger partial charge in [0.15, 0.2) is 6.61 Å². The molecular formula is C21H19ClFN3O3S. The molecule has 2 bridgehead atoms. The summed E-state index contributed by atoms with van der Waals surface area (Å²) in [6.45, 7) is -0.205. The van der Waals surface area contributed by atoms with Gasteiger partial charge in [0.25, 0.3) is 11.8 Å². The molecule has 2 aromatic rings. The number of carbonyl (C=O) groups is 2. The van der Waals surface area contributed by atoms with E-state index in [0.717, 1.165) is 22.5 Å². The Morgan fingerprint density at radius 3 is 2.67 bits per heavy atom. The molecule has 1 aliphatic heterocycles. The average Bonchev–Trinajstić information content (AvgIpc) is 3.14. The Bertz CT molecular complexity index is 1040. The van der Waals surface area contributed by atoms with Crippen LogP contribution in [-0.2, 0) is 4.79 Å². The van der Waals surface area contributed by atoms with Gasteiger partial charge in [-0.25, -0.2) is 4.39 Å². The Labute approximate surface area is 181 Å². The molecule has 3 aliphatic carbocycles. The molecule has 0 atom stereocenters. The van der Waals surface area contributed by atoms with Crippen LogP contribution in [0.3, 0.4) is 0 Å². The summed E-state index contributed by atoms with van der Waals surface area (Å²) in [6, 6.07) is 9.71. The number of halogens is 2. The lowest BCUT2D eigenvalue weighted by Crippen LogP contribution is -2.84. The van der Waals surface area contributed by atoms with Gasteiger partial charge in [-0.05, 0) is 49.6 Å². The highest BCUT2D eigenvalue weighted by Gasteiger charge is 2.69. The quantitative estimate of drug-likeness (QED) is 0.631. The molecule has 30 heavy (non-hydrogen) atoms. The predicted molar refractivity (Wildman–Crippen MR) is 113 cm³/mol. The van der Waals surface area contributed by atoms with E-state index in [1.807, 2.05) is 18.2 Å². The Morgan fingerprint density at radius 2 is 1.90 bits per heavy atom. The summed E-state index contributed by atoms with van der Waals surface area (Å²) < 4.78 is 18.8. The molecule has 3 N–H and O–H groups in total. The number of ether oxygens (including phenoxy) is 1. The molecule has 6 rings (SSSR count). The van der Waals surface area contributed by atoms with Gasteiger partial charge >= 0.3 is 0 Å². The van der Waals surface area contributed by atoms with Crippen molar-refractivity contribution in [2.24, 2.45) is 0 Å². The highest BCUT2D eigenvalue weighted by molar-refractivity contribution is 7.99. The largest absolute Gasteiger partial charge is 0.484 e. The van der Waals surface area contributed by atoms with Gasteiger partial charge in [0.1, 0.15) is 11.6 Å². The molecule has 0 unspecified atom stereocenters. The van der Waals surface area contributed by atoms with Crippen molar-refractivity contribution in [2.75, 3.05) is 17.8 Å². The standard InChI is InChI=1S/C21H19ClFN3O3S/c22-14-3-2-13(6-15(14)23)29-7-18(27)25-20-8-21(9-20,10-20)26-19(28)12-1-4-16-17(5-12)30-11-24-16/h1-6,24H,7-11H2,(H,25,27)(H,26,28). The molecule has 2 amide bonds. The number of rotatable bonds is 6. The van der Waals surface area contributed by atoms with Crippen molar-refractivity contribution in [3.05, 3.63) is 52.8 Å². The number of hydrogen-bond acceptors (Lipinski definition) is 5. The molecule has 3 saturated carbocycles. The minimum Gasteiger partial charge on any atom is -0.484 e. The van der Waals surface area contributed by atoms with Crippen LogP contribution in [0.2, 0.25) is 5.02 Å². The van der Waals surface area contributed by atoms with Crippen LogP contribution in [0.15, 0.2) is 41.3 Å². The summed E-state index contributed by atoms with van der Waals surface area (Å²) in [5.41, 5.74) is 1.19. The summed E-state index contributed by atoms with van der Waals surface area (Å²) >= 11 is 7.31. The van der Waals surface area contributed by atoms with Crippen molar-refractivity contribution < 1.29 is 18.7 Å². The first-order chi connectivity index (χ1) is 14.4. The van der Waals surface area contributed by atoms with Crippen LogP contribution in [0.4, 0.5) is 10.1 Å². The van der Waals surface area contributed by atoms with E-state index in [-0.39, 0.29) is 40.3 Å². The maximum Gasteiger partial charge on any atom is 0.258 e. The van der Waals surface area contributed by atoms with E-state index in [1.54, 1.807) is 11.8 Å². The van der Waals surface area contributed by atoms with Gasteiger partial charge < -0.3 is 20.7 Å². The molecule has 6 nitrogen and oxygen atoms in total. The fraction of sp³-hybridized carbons (Fsp3) is 0.333. The molecule has 9 heteroatoms. The van der Waals surface area contributed by atoms with Gasteiger partial charge in [-0.3, -0.25) is 9.59 Å². The predicted octanol–water partition coefficient (Wildman–Crippen LogP) is 3.55. The first-order valence-corrected chi connectivity index (χ1v) is 10.9. The molecule has 156 valence electrons. The van der Waals surface area contributed by atoms with Crippen molar-refractivity contribution in [1.29, 1.82) is 0 Å². The molecule has 0 radical (unpaired) electrons. The Hall–Kier alpha value is -2.45. The molecule has 3 fully saturated rings. The minimum absolute atomic E-state index is 0.00308. The average molecular weight is 448 g/mol.